The van der Waals surface area contributed by atoms with Crippen LogP contribution in [0, 0.1) is 0 Å². The van der Waals surface area contributed by atoms with Gasteiger partial charge in [0.1, 0.15) is 0 Å². The molecule has 0 atom stereocenters. The number of thioether (sulfide) groups is 1. The summed E-state index contributed by atoms with van der Waals surface area (Å²) in [6.45, 7) is 0. The summed E-state index contributed by atoms with van der Waals surface area (Å²) in [5.74, 6) is 0.415. The minimum absolute atomic E-state index is 0.0605. The first-order valence-corrected chi connectivity index (χ1v) is 6.40. The molecule has 17 heavy (non-hydrogen) atoms. The molecule has 1 saturated carbocycles. The van der Waals surface area contributed by atoms with Gasteiger partial charge in [-0.05, 0) is 35.4 Å². The van der Waals surface area contributed by atoms with E-state index < -0.39 is 0 Å². The van der Waals surface area contributed by atoms with Gasteiger partial charge in [-0.15, -0.1) is 5.10 Å². The molecule has 7 heteroatoms. The fraction of sp³-hybridized carbons (Fsp3) is 0.400. The summed E-state index contributed by atoms with van der Waals surface area (Å²) in [7, 11) is 0. The summed E-state index contributed by atoms with van der Waals surface area (Å²) in [6.07, 6.45) is 4.00. The molecule has 0 unspecified atom stereocenters. The summed E-state index contributed by atoms with van der Waals surface area (Å²) < 4.78 is 1.81. The number of hydrogen-bond acceptors (Lipinski definition) is 5. The van der Waals surface area contributed by atoms with Gasteiger partial charge in [-0.3, -0.25) is 4.79 Å². The van der Waals surface area contributed by atoms with E-state index in [2.05, 4.69) is 20.5 Å². The number of nitrogens with one attached hydrogen (secondary N) is 1. The zero-order chi connectivity index (χ0) is 11.7. The summed E-state index contributed by atoms with van der Waals surface area (Å²) in [5, 5.41) is 12.2. The fourth-order valence-electron chi connectivity index (χ4n) is 1.54. The maximum Gasteiger partial charge on any atom is 0.210 e. The zero-order valence-corrected chi connectivity index (χ0v) is 9.85. The van der Waals surface area contributed by atoms with E-state index in [-0.39, 0.29) is 5.78 Å². The monoisotopic (exact) mass is 249 g/mol. The number of hydrogen-bond donors (Lipinski definition) is 1. The Bertz CT molecular complexity index is 517. The molecular formula is C10H11N5OS. The van der Waals surface area contributed by atoms with Crippen LogP contribution in [-0.2, 0) is 0 Å². The van der Waals surface area contributed by atoms with Crippen LogP contribution in [0.2, 0.25) is 0 Å². The number of ketones is 1. The molecule has 0 aromatic carbocycles. The third-order valence-corrected chi connectivity index (χ3v) is 3.52. The van der Waals surface area contributed by atoms with E-state index >= 15 is 0 Å². The van der Waals surface area contributed by atoms with E-state index in [1.807, 2.05) is 10.7 Å². The van der Waals surface area contributed by atoms with Gasteiger partial charge < -0.3 is 4.98 Å². The second-order valence-corrected chi connectivity index (χ2v) is 4.88. The summed E-state index contributed by atoms with van der Waals surface area (Å²) in [6, 6.07) is 4.02. The standard InChI is InChI=1S/C10H11N5OS/c16-9(8-2-1-5-11-8)6-17-10-12-13-14-15(10)7-3-4-7/h1-2,5,7,11H,3-4,6H2. The smallest absolute Gasteiger partial charge is 0.210 e. The summed E-state index contributed by atoms with van der Waals surface area (Å²) in [5.41, 5.74) is 0.628. The van der Waals surface area contributed by atoms with Crippen LogP contribution >= 0.6 is 11.8 Å². The molecule has 3 rings (SSSR count). The Morgan fingerprint density at radius 1 is 1.59 bits per heavy atom. The molecule has 2 heterocycles. The van der Waals surface area contributed by atoms with Gasteiger partial charge in [-0.1, -0.05) is 11.8 Å². The fourth-order valence-corrected chi connectivity index (χ4v) is 2.37. The van der Waals surface area contributed by atoms with Crippen molar-refractivity contribution in [1.29, 1.82) is 0 Å². The Morgan fingerprint density at radius 2 is 2.47 bits per heavy atom. The van der Waals surface area contributed by atoms with E-state index in [0.29, 0.717) is 17.5 Å². The van der Waals surface area contributed by atoms with Gasteiger partial charge >= 0.3 is 0 Å². The molecule has 2 aromatic rings. The Morgan fingerprint density at radius 3 is 3.18 bits per heavy atom. The number of tetrazole rings is 1. The van der Waals surface area contributed by atoms with E-state index in [1.54, 1.807) is 12.3 Å². The molecule has 1 aliphatic rings. The van der Waals surface area contributed by atoms with Gasteiger partial charge in [0.25, 0.3) is 0 Å². The number of Topliss-reactive ketones (excluding diaryl/α,β-unsaturated/α-hetero) is 1. The van der Waals surface area contributed by atoms with Gasteiger partial charge in [0.05, 0.1) is 17.5 Å². The minimum Gasteiger partial charge on any atom is -0.359 e. The molecule has 0 aliphatic heterocycles. The molecule has 0 bridgehead atoms. The predicted octanol–water partition coefficient (Wildman–Crippen LogP) is 1.31. The number of carbonyl (C=O) groups excluding carboxylic acids is 1. The van der Waals surface area contributed by atoms with Crippen molar-refractivity contribution in [3.8, 4) is 0 Å². The highest BCUT2D eigenvalue weighted by Gasteiger charge is 2.28. The first-order valence-electron chi connectivity index (χ1n) is 5.42. The van der Waals surface area contributed by atoms with Crippen LogP contribution < -0.4 is 0 Å². The lowest BCUT2D eigenvalue weighted by Gasteiger charge is -2.00. The van der Waals surface area contributed by atoms with Crippen molar-refractivity contribution in [1.82, 2.24) is 25.2 Å². The average Bonchev–Trinajstić information content (AvgIpc) is 2.87. The largest absolute Gasteiger partial charge is 0.359 e. The van der Waals surface area contributed by atoms with Crippen LogP contribution in [0.3, 0.4) is 0 Å². The second-order valence-electron chi connectivity index (χ2n) is 3.93. The molecule has 0 radical (unpaired) electrons. The molecule has 1 aliphatic carbocycles. The maximum atomic E-state index is 11.8. The summed E-state index contributed by atoms with van der Waals surface area (Å²) >= 11 is 1.39. The van der Waals surface area contributed by atoms with Crippen molar-refractivity contribution in [3.05, 3.63) is 24.0 Å². The quantitative estimate of drug-likeness (QED) is 0.638. The van der Waals surface area contributed by atoms with Crippen LogP contribution in [0.4, 0.5) is 0 Å². The Hall–Kier alpha value is -1.63. The number of carbonyl (C=O) groups is 1. The molecule has 0 spiro atoms. The lowest BCUT2D eigenvalue weighted by molar-refractivity contribution is 0.101. The molecular weight excluding hydrogens is 238 g/mol. The maximum absolute atomic E-state index is 11.8. The topological polar surface area (TPSA) is 76.5 Å². The molecule has 1 N–H and O–H groups in total. The van der Waals surface area contributed by atoms with Crippen LogP contribution in [0.5, 0.6) is 0 Å². The number of aromatic nitrogens is 5. The Kier molecular flexibility index (Phi) is 2.68. The van der Waals surface area contributed by atoms with Gasteiger partial charge in [-0.25, -0.2) is 4.68 Å². The van der Waals surface area contributed by atoms with E-state index in [1.165, 1.54) is 11.8 Å². The van der Waals surface area contributed by atoms with Crippen molar-refractivity contribution in [2.75, 3.05) is 5.75 Å². The van der Waals surface area contributed by atoms with Crippen LogP contribution in [0.25, 0.3) is 0 Å². The average molecular weight is 249 g/mol. The number of aromatic amines is 1. The molecule has 2 aromatic heterocycles. The Balaban J connectivity index is 1.64. The predicted molar refractivity (Wildman–Crippen MR) is 61.9 cm³/mol. The SMILES string of the molecule is O=C(CSc1nnnn1C1CC1)c1ccc[nH]1. The molecule has 1 fully saturated rings. The van der Waals surface area contributed by atoms with Crippen molar-refractivity contribution in [2.24, 2.45) is 0 Å². The number of rotatable bonds is 5. The molecule has 88 valence electrons. The van der Waals surface area contributed by atoms with Gasteiger partial charge in [0.15, 0.2) is 5.78 Å². The zero-order valence-electron chi connectivity index (χ0n) is 9.04. The van der Waals surface area contributed by atoms with Crippen LogP contribution in [0.1, 0.15) is 29.4 Å². The Labute approximate surface area is 102 Å². The second kappa shape index (κ2) is 4.33. The third-order valence-electron chi connectivity index (χ3n) is 2.59. The van der Waals surface area contributed by atoms with Gasteiger partial charge in [0, 0.05) is 6.20 Å². The normalized spacial score (nSPS) is 15.1. The van der Waals surface area contributed by atoms with Crippen LogP contribution in [0.15, 0.2) is 23.5 Å². The highest BCUT2D eigenvalue weighted by molar-refractivity contribution is 7.99. The van der Waals surface area contributed by atoms with Crippen molar-refractivity contribution >= 4 is 17.5 Å². The third kappa shape index (κ3) is 2.23. The van der Waals surface area contributed by atoms with E-state index in [9.17, 15) is 4.79 Å². The first kappa shape index (κ1) is 10.5. The van der Waals surface area contributed by atoms with Gasteiger partial charge in [-0.2, -0.15) is 0 Å². The van der Waals surface area contributed by atoms with Crippen LogP contribution in [-0.4, -0.2) is 36.7 Å². The van der Waals surface area contributed by atoms with Crippen molar-refractivity contribution < 1.29 is 4.79 Å². The molecule has 0 amide bonds. The van der Waals surface area contributed by atoms with Gasteiger partial charge in [0.2, 0.25) is 5.16 Å². The lowest BCUT2D eigenvalue weighted by atomic mass is 10.3. The van der Waals surface area contributed by atoms with Crippen molar-refractivity contribution in [3.63, 3.8) is 0 Å². The first-order chi connectivity index (χ1) is 8.34. The number of nitrogens with zero attached hydrogens (tertiary/aromatic N) is 4. The highest BCUT2D eigenvalue weighted by atomic mass is 32.2. The van der Waals surface area contributed by atoms with E-state index in [4.69, 9.17) is 0 Å². The molecule has 0 saturated heterocycles. The number of H-pyrrole nitrogens is 1. The minimum atomic E-state index is 0.0605. The summed E-state index contributed by atoms with van der Waals surface area (Å²) in [4.78, 5) is 14.7. The highest BCUT2D eigenvalue weighted by Crippen LogP contribution is 2.36. The molecule has 6 nitrogen and oxygen atoms in total. The van der Waals surface area contributed by atoms with E-state index in [0.717, 1.165) is 18.0 Å². The lowest BCUT2D eigenvalue weighted by Crippen LogP contribution is -2.05. The van der Waals surface area contributed by atoms with Crippen molar-refractivity contribution in [2.45, 2.75) is 24.0 Å².